The van der Waals surface area contributed by atoms with Gasteiger partial charge >= 0.3 is 6.36 Å². The molecule has 0 atom stereocenters. The van der Waals surface area contributed by atoms with Crippen LogP contribution in [0.15, 0.2) is 24.3 Å². The van der Waals surface area contributed by atoms with E-state index in [4.69, 9.17) is 5.73 Å². The van der Waals surface area contributed by atoms with Gasteiger partial charge in [-0.25, -0.2) is 0 Å². The number of nitrogens with two attached hydrogens (primary N) is 1. The zero-order chi connectivity index (χ0) is 15.4. The maximum atomic E-state index is 12.3. The summed E-state index contributed by atoms with van der Waals surface area (Å²) in [5.41, 5.74) is 6.07. The molecule has 122 valence electrons. The van der Waals surface area contributed by atoms with Crippen LogP contribution >= 0.6 is 12.4 Å². The maximum Gasteiger partial charge on any atom is 0.573 e. The summed E-state index contributed by atoms with van der Waals surface area (Å²) in [6.07, 6.45) is -4.68. The van der Waals surface area contributed by atoms with Crippen molar-refractivity contribution >= 4 is 12.4 Å². The fraction of sp³-hybridized carbons (Fsp3) is 0.571. The highest BCUT2D eigenvalue weighted by molar-refractivity contribution is 5.85. The lowest BCUT2D eigenvalue weighted by atomic mass is 9.93. The van der Waals surface area contributed by atoms with Gasteiger partial charge in [0.2, 0.25) is 0 Å². The first kappa shape index (κ1) is 20.0. The van der Waals surface area contributed by atoms with Crippen LogP contribution in [0.3, 0.4) is 0 Å². The minimum absolute atomic E-state index is 0. The van der Waals surface area contributed by atoms with Crippen molar-refractivity contribution in [2.24, 2.45) is 11.1 Å². The first-order chi connectivity index (χ1) is 9.13. The van der Waals surface area contributed by atoms with Gasteiger partial charge in [0, 0.05) is 18.7 Å². The highest BCUT2D eigenvalue weighted by Crippen LogP contribution is 2.27. The summed E-state index contributed by atoms with van der Waals surface area (Å²) in [4.78, 5) is 1.94. The van der Waals surface area contributed by atoms with Gasteiger partial charge in [-0.2, -0.15) is 0 Å². The Bertz CT molecular complexity index is 438. The third-order valence-electron chi connectivity index (χ3n) is 2.89. The second-order valence-electron chi connectivity index (χ2n) is 5.70. The highest BCUT2D eigenvalue weighted by Gasteiger charge is 2.32. The van der Waals surface area contributed by atoms with E-state index in [0.717, 1.165) is 0 Å². The largest absolute Gasteiger partial charge is 0.573 e. The van der Waals surface area contributed by atoms with E-state index in [2.05, 4.69) is 4.74 Å². The van der Waals surface area contributed by atoms with Crippen molar-refractivity contribution in [1.82, 2.24) is 4.90 Å². The fourth-order valence-electron chi connectivity index (χ4n) is 2.00. The molecule has 0 aliphatic carbocycles. The molecule has 0 spiro atoms. The molecule has 0 heterocycles. The van der Waals surface area contributed by atoms with E-state index >= 15 is 0 Å². The van der Waals surface area contributed by atoms with Crippen LogP contribution < -0.4 is 10.5 Å². The fourth-order valence-corrected chi connectivity index (χ4v) is 2.00. The first-order valence-electron chi connectivity index (χ1n) is 6.35. The van der Waals surface area contributed by atoms with Gasteiger partial charge in [0.05, 0.1) is 0 Å². The van der Waals surface area contributed by atoms with E-state index in [1.54, 1.807) is 12.1 Å². The molecule has 7 heteroatoms. The van der Waals surface area contributed by atoms with Crippen molar-refractivity contribution in [3.05, 3.63) is 29.8 Å². The summed E-state index contributed by atoms with van der Waals surface area (Å²) >= 11 is 0. The second-order valence-corrected chi connectivity index (χ2v) is 5.70. The lowest BCUT2D eigenvalue weighted by Gasteiger charge is -2.29. The molecule has 1 rings (SSSR count). The zero-order valence-electron chi connectivity index (χ0n) is 12.4. The van der Waals surface area contributed by atoms with Gasteiger partial charge in [-0.05, 0) is 25.1 Å². The summed E-state index contributed by atoms with van der Waals surface area (Å²) in [5.74, 6) is -0.155. The average Bonchev–Trinajstić information content (AvgIpc) is 2.29. The number of para-hydroxylation sites is 1. The molecule has 0 aliphatic heterocycles. The van der Waals surface area contributed by atoms with Crippen molar-refractivity contribution in [2.45, 2.75) is 26.8 Å². The SMILES string of the molecule is CN(Cc1ccccc1OC(F)(F)F)CC(C)(C)CN.Cl. The summed E-state index contributed by atoms with van der Waals surface area (Å²) in [5, 5.41) is 0. The minimum atomic E-state index is -4.68. The van der Waals surface area contributed by atoms with E-state index in [0.29, 0.717) is 25.2 Å². The molecular weight excluding hydrogens is 305 g/mol. The van der Waals surface area contributed by atoms with Crippen LogP contribution in [0.25, 0.3) is 0 Å². The molecule has 0 aromatic heterocycles. The van der Waals surface area contributed by atoms with Gasteiger partial charge in [-0.3, -0.25) is 0 Å². The Morgan fingerprint density at radius 1 is 1.19 bits per heavy atom. The average molecular weight is 327 g/mol. The Morgan fingerprint density at radius 3 is 2.29 bits per heavy atom. The number of rotatable bonds is 6. The van der Waals surface area contributed by atoms with Crippen molar-refractivity contribution in [1.29, 1.82) is 0 Å². The van der Waals surface area contributed by atoms with Crippen LogP contribution in [0.1, 0.15) is 19.4 Å². The molecule has 2 N–H and O–H groups in total. The minimum Gasteiger partial charge on any atom is -0.405 e. The molecule has 0 bridgehead atoms. The van der Waals surface area contributed by atoms with Crippen LogP contribution in [0.5, 0.6) is 5.75 Å². The molecule has 3 nitrogen and oxygen atoms in total. The first-order valence-corrected chi connectivity index (χ1v) is 6.35. The Balaban J connectivity index is 0.00000400. The van der Waals surface area contributed by atoms with Crippen molar-refractivity contribution in [3.8, 4) is 5.75 Å². The molecule has 0 saturated carbocycles. The summed E-state index contributed by atoms with van der Waals surface area (Å²) in [6, 6.07) is 6.17. The molecule has 0 saturated heterocycles. The molecule has 0 fully saturated rings. The Hall–Kier alpha value is -0.980. The molecule has 0 unspecified atom stereocenters. The molecule has 0 radical (unpaired) electrons. The predicted octanol–water partition coefficient (Wildman–Crippen LogP) is 3.42. The van der Waals surface area contributed by atoms with Crippen molar-refractivity contribution < 1.29 is 17.9 Å². The molecule has 1 aromatic carbocycles. The lowest BCUT2D eigenvalue weighted by Crippen LogP contribution is -2.36. The normalized spacial score (nSPS) is 12.2. The van der Waals surface area contributed by atoms with E-state index in [1.807, 2.05) is 25.8 Å². The summed E-state index contributed by atoms with van der Waals surface area (Å²) in [6.45, 7) is 5.60. The van der Waals surface area contributed by atoms with Crippen molar-refractivity contribution in [3.63, 3.8) is 0 Å². The summed E-state index contributed by atoms with van der Waals surface area (Å²) < 4.78 is 41.0. The van der Waals surface area contributed by atoms with Crippen LogP contribution in [0.2, 0.25) is 0 Å². The van der Waals surface area contributed by atoms with Gasteiger partial charge in [-0.15, -0.1) is 25.6 Å². The van der Waals surface area contributed by atoms with Gasteiger partial charge in [0.1, 0.15) is 5.75 Å². The Labute approximate surface area is 129 Å². The third-order valence-corrected chi connectivity index (χ3v) is 2.89. The van der Waals surface area contributed by atoms with Gasteiger partial charge in [0.15, 0.2) is 0 Å². The Kier molecular flexibility index (Phi) is 7.50. The van der Waals surface area contributed by atoms with Gasteiger partial charge < -0.3 is 15.4 Å². The van der Waals surface area contributed by atoms with Crippen LogP contribution in [0.4, 0.5) is 13.2 Å². The molecule has 0 amide bonds. The van der Waals surface area contributed by atoms with E-state index < -0.39 is 6.36 Å². The van der Waals surface area contributed by atoms with Gasteiger partial charge in [-0.1, -0.05) is 32.0 Å². The Morgan fingerprint density at radius 2 is 1.76 bits per heavy atom. The number of nitrogens with zero attached hydrogens (tertiary/aromatic N) is 1. The molecule has 0 aliphatic rings. The predicted molar refractivity (Wildman–Crippen MR) is 79.5 cm³/mol. The summed E-state index contributed by atoms with van der Waals surface area (Å²) in [7, 11) is 1.85. The standard InChI is InChI=1S/C14H21F3N2O.ClH/c1-13(2,9-18)10-19(3)8-11-6-4-5-7-12(11)20-14(15,16)17;/h4-7H,8-10,18H2,1-3H3;1H. The van der Waals surface area contributed by atoms with E-state index in [1.165, 1.54) is 12.1 Å². The number of hydrogen-bond acceptors (Lipinski definition) is 3. The van der Waals surface area contributed by atoms with E-state index in [-0.39, 0.29) is 23.6 Å². The zero-order valence-corrected chi connectivity index (χ0v) is 13.2. The molecule has 21 heavy (non-hydrogen) atoms. The number of halogens is 4. The molecular formula is C14H22ClF3N2O. The highest BCUT2D eigenvalue weighted by atomic mass is 35.5. The lowest BCUT2D eigenvalue weighted by molar-refractivity contribution is -0.275. The monoisotopic (exact) mass is 326 g/mol. The quantitative estimate of drug-likeness (QED) is 0.870. The third kappa shape index (κ3) is 7.55. The topological polar surface area (TPSA) is 38.5 Å². The number of benzene rings is 1. The van der Waals surface area contributed by atoms with Crippen LogP contribution in [-0.4, -0.2) is 31.4 Å². The number of alkyl halides is 3. The number of hydrogen-bond donors (Lipinski definition) is 1. The van der Waals surface area contributed by atoms with Crippen LogP contribution in [0, 0.1) is 5.41 Å². The number of ether oxygens (including phenoxy) is 1. The smallest absolute Gasteiger partial charge is 0.405 e. The second kappa shape index (κ2) is 7.87. The maximum absolute atomic E-state index is 12.3. The van der Waals surface area contributed by atoms with Crippen LogP contribution in [-0.2, 0) is 6.54 Å². The molecule has 1 aromatic rings. The van der Waals surface area contributed by atoms with Gasteiger partial charge in [0.25, 0.3) is 0 Å². The van der Waals surface area contributed by atoms with E-state index in [9.17, 15) is 13.2 Å². The van der Waals surface area contributed by atoms with Crippen molar-refractivity contribution in [2.75, 3.05) is 20.1 Å².